The summed E-state index contributed by atoms with van der Waals surface area (Å²) >= 11 is 0. The molecule has 0 aliphatic carbocycles. The Bertz CT molecular complexity index is 643. The van der Waals surface area contributed by atoms with Gasteiger partial charge in [-0.2, -0.15) is 0 Å². The number of likely N-dealkylation sites (tertiary alicyclic amines) is 1. The number of rotatable bonds is 4. The summed E-state index contributed by atoms with van der Waals surface area (Å²) in [6.07, 6.45) is 2.47. The van der Waals surface area contributed by atoms with E-state index >= 15 is 0 Å². The summed E-state index contributed by atoms with van der Waals surface area (Å²) in [4.78, 5) is 2.44. The topological polar surface area (TPSA) is 23.5 Å². The van der Waals surface area contributed by atoms with Gasteiger partial charge in [-0.25, -0.2) is 0 Å². The normalized spacial score (nSPS) is 33.1. The first kappa shape index (κ1) is 17.9. The van der Waals surface area contributed by atoms with E-state index in [4.69, 9.17) is 0 Å². The second-order valence-electron chi connectivity index (χ2n) is 7.44. The van der Waals surface area contributed by atoms with Crippen LogP contribution >= 0.6 is 0 Å². The Hall–Kier alpha value is -1.90. The molecule has 3 rings (SSSR count). The van der Waals surface area contributed by atoms with Crippen LogP contribution < -0.4 is 0 Å². The number of hydrogen-bond donors (Lipinski definition) is 1. The lowest BCUT2D eigenvalue weighted by atomic mass is 9.64. The number of nitrogens with zero attached hydrogens (tertiary/aromatic N) is 1. The lowest BCUT2D eigenvalue weighted by Crippen LogP contribution is -2.57. The van der Waals surface area contributed by atoms with Gasteiger partial charge in [0.15, 0.2) is 0 Å². The van der Waals surface area contributed by atoms with Crippen molar-refractivity contribution in [3.63, 3.8) is 0 Å². The lowest BCUT2D eigenvalue weighted by molar-refractivity contribution is -0.152. The van der Waals surface area contributed by atoms with Gasteiger partial charge in [0.25, 0.3) is 0 Å². The molecule has 1 aliphatic rings. The van der Waals surface area contributed by atoms with E-state index in [0.29, 0.717) is 6.42 Å². The van der Waals surface area contributed by atoms with Gasteiger partial charge in [-0.3, -0.25) is 4.90 Å². The number of piperidine rings is 1. The van der Waals surface area contributed by atoms with E-state index in [0.717, 1.165) is 0 Å². The van der Waals surface area contributed by atoms with Gasteiger partial charge in [-0.05, 0) is 24.6 Å². The Balaban J connectivity index is 2.11. The van der Waals surface area contributed by atoms with Crippen molar-refractivity contribution < 1.29 is 5.11 Å². The zero-order valence-electron chi connectivity index (χ0n) is 15.5. The number of hydrogen-bond acceptors (Lipinski definition) is 2. The maximum Gasteiger partial charge on any atom is 0.0769 e. The molecule has 1 heterocycles. The van der Waals surface area contributed by atoms with Crippen molar-refractivity contribution >= 4 is 0 Å². The summed E-state index contributed by atoms with van der Waals surface area (Å²) < 4.78 is 0. The minimum atomic E-state index is -0.782. The Kier molecular flexibility index (Phi) is 5.12. The second-order valence-corrected chi connectivity index (χ2v) is 7.44. The Morgan fingerprint density at radius 2 is 1.32 bits per heavy atom. The summed E-state index contributed by atoms with van der Waals surface area (Å²) in [5.41, 5.74) is 1.73. The average molecular weight is 335 g/mol. The minimum Gasteiger partial charge on any atom is -0.389 e. The van der Waals surface area contributed by atoms with Crippen LogP contribution in [0.4, 0.5) is 0 Å². The molecule has 25 heavy (non-hydrogen) atoms. The van der Waals surface area contributed by atoms with E-state index in [1.54, 1.807) is 0 Å². The van der Waals surface area contributed by atoms with Crippen molar-refractivity contribution in [1.82, 2.24) is 4.90 Å². The van der Waals surface area contributed by atoms with E-state index in [-0.39, 0.29) is 23.9 Å². The van der Waals surface area contributed by atoms with Gasteiger partial charge in [-0.1, -0.05) is 80.6 Å². The fourth-order valence-corrected chi connectivity index (χ4v) is 4.79. The first-order valence-electron chi connectivity index (χ1n) is 9.15. The highest BCUT2D eigenvalue weighted by atomic mass is 16.3. The quantitative estimate of drug-likeness (QED) is 0.795. The molecular formula is C23H29NO. The molecule has 1 unspecified atom stereocenters. The lowest BCUT2D eigenvalue weighted by Gasteiger charge is -2.56. The third-order valence-electron chi connectivity index (χ3n) is 6.16. The third-order valence-corrected chi connectivity index (χ3v) is 6.16. The molecule has 2 nitrogen and oxygen atoms in total. The van der Waals surface area contributed by atoms with Crippen molar-refractivity contribution in [3.05, 3.63) is 84.4 Å². The molecule has 2 aromatic carbocycles. The maximum absolute atomic E-state index is 11.7. The van der Waals surface area contributed by atoms with Crippen LogP contribution in [-0.4, -0.2) is 22.7 Å². The molecule has 1 aliphatic heterocycles. The molecule has 132 valence electrons. The molecule has 5 atom stereocenters. The zero-order valence-corrected chi connectivity index (χ0v) is 15.5. The van der Waals surface area contributed by atoms with Crippen molar-refractivity contribution in [3.8, 4) is 0 Å². The molecule has 0 amide bonds. The SMILES string of the molecule is C=CCC1(O)[C@H](C)[C@@H](c2ccccc2)N(C)[C@H](c2ccccc2)[C@@H]1C. The fraction of sp³-hybridized carbons (Fsp3) is 0.391. The first-order valence-corrected chi connectivity index (χ1v) is 9.15. The summed E-state index contributed by atoms with van der Waals surface area (Å²) in [7, 11) is 2.19. The average Bonchev–Trinajstić information content (AvgIpc) is 2.63. The van der Waals surface area contributed by atoms with Crippen LogP contribution in [0.15, 0.2) is 73.3 Å². The molecule has 0 radical (unpaired) electrons. The van der Waals surface area contributed by atoms with Crippen molar-refractivity contribution in [2.75, 3.05) is 7.05 Å². The van der Waals surface area contributed by atoms with Crippen molar-refractivity contribution in [1.29, 1.82) is 0 Å². The zero-order chi connectivity index (χ0) is 18.0. The van der Waals surface area contributed by atoms with Gasteiger partial charge in [-0.15, -0.1) is 6.58 Å². The molecule has 0 spiro atoms. The van der Waals surface area contributed by atoms with Crippen LogP contribution in [0, 0.1) is 11.8 Å². The van der Waals surface area contributed by atoms with Crippen LogP contribution in [-0.2, 0) is 0 Å². The van der Waals surface area contributed by atoms with Crippen LogP contribution in [0.3, 0.4) is 0 Å². The molecule has 2 heteroatoms. The Morgan fingerprint density at radius 1 is 0.920 bits per heavy atom. The van der Waals surface area contributed by atoms with Crippen LogP contribution in [0.5, 0.6) is 0 Å². The highest BCUT2D eigenvalue weighted by molar-refractivity contribution is 5.28. The first-order chi connectivity index (χ1) is 12.0. The van der Waals surface area contributed by atoms with Gasteiger partial charge < -0.3 is 5.11 Å². The second kappa shape index (κ2) is 7.15. The van der Waals surface area contributed by atoms with Gasteiger partial charge in [0.2, 0.25) is 0 Å². The third kappa shape index (κ3) is 3.05. The summed E-state index contributed by atoms with van der Waals surface area (Å²) in [6, 6.07) is 21.4. The maximum atomic E-state index is 11.7. The summed E-state index contributed by atoms with van der Waals surface area (Å²) in [5.74, 6) is 0.209. The van der Waals surface area contributed by atoms with Gasteiger partial charge in [0.1, 0.15) is 0 Å². The molecule has 1 N–H and O–H groups in total. The molecule has 0 aromatic heterocycles. The Morgan fingerprint density at radius 3 is 1.68 bits per heavy atom. The Labute approximate surface area is 151 Å². The molecule has 0 saturated carbocycles. The molecule has 2 aromatic rings. The van der Waals surface area contributed by atoms with E-state index in [1.807, 2.05) is 18.2 Å². The molecule has 0 bridgehead atoms. The van der Waals surface area contributed by atoms with Crippen LogP contribution in [0.1, 0.15) is 43.5 Å². The van der Waals surface area contributed by atoms with Gasteiger partial charge in [0.05, 0.1) is 5.60 Å². The monoisotopic (exact) mass is 335 g/mol. The largest absolute Gasteiger partial charge is 0.389 e. The van der Waals surface area contributed by atoms with E-state index in [2.05, 4.69) is 80.9 Å². The predicted molar refractivity (Wildman–Crippen MR) is 104 cm³/mol. The van der Waals surface area contributed by atoms with E-state index in [1.165, 1.54) is 11.1 Å². The van der Waals surface area contributed by atoms with E-state index in [9.17, 15) is 5.11 Å². The smallest absolute Gasteiger partial charge is 0.0769 e. The molecule has 1 fully saturated rings. The van der Waals surface area contributed by atoms with Gasteiger partial charge in [0, 0.05) is 23.9 Å². The highest BCUT2D eigenvalue weighted by Gasteiger charge is 2.52. The van der Waals surface area contributed by atoms with Crippen molar-refractivity contribution in [2.45, 2.75) is 38.0 Å². The number of benzene rings is 2. The van der Waals surface area contributed by atoms with Crippen LogP contribution in [0.25, 0.3) is 0 Å². The number of aliphatic hydroxyl groups is 1. The molecular weight excluding hydrogens is 306 g/mol. The fourth-order valence-electron chi connectivity index (χ4n) is 4.79. The minimum absolute atomic E-state index is 0.105. The predicted octanol–water partition coefficient (Wildman–Crippen LogP) is 4.99. The molecule has 1 saturated heterocycles. The van der Waals surface area contributed by atoms with Gasteiger partial charge >= 0.3 is 0 Å². The highest BCUT2D eigenvalue weighted by Crippen LogP contribution is 2.53. The summed E-state index contributed by atoms with van der Waals surface area (Å²) in [5, 5.41) is 11.7. The van der Waals surface area contributed by atoms with Crippen molar-refractivity contribution in [2.24, 2.45) is 11.8 Å². The standard InChI is InChI=1S/C23H29NO/c1-5-16-23(25)17(2)21(19-12-8-6-9-13-19)24(4)22(18(23)3)20-14-10-7-11-15-20/h5-15,17-18,21-22,25H,1,16H2,2-4H3/t17-,18+,21-,22-,23?/m0/s1. The van der Waals surface area contributed by atoms with E-state index < -0.39 is 5.60 Å². The summed E-state index contributed by atoms with van der Waals surface area (Å²) in [6.45, 7) is 8.26. The van der Waals surface area contributed by atoms with Crippen LogP contribution in [0.2, 0.25) is 0 Å².